The molecule has 0 aliphatic carbocycles. The maximum atomic E-state index is 8.90. The fraction of sp³-hybridized carbons (Fsp3) is 0.0769. The summed E-state index contributed by atoms with van der Waals surface area (Å²) < 4.78 is 1.79. The summed E-state index contributed by atoms with van der Waals surface area (Å²) in [5.41, 5.74) is 2.95. The molecule has 0 fully saturated rings. The van der Waals surface area contributed by atoms with Crippen molar-refractivity contribution in [1.29, 1.82) is 10.5 Å². The number of nitriles is 2. The third kappa shape index (κ3) is 2.02. The minimum atomic E-state index is 0.466. The first kappa shape index (κ1) is 12.0. The molecule has 88 valence electrons. The fourth-order valence-corrected chi connectivity index (χ4v) is 1.98. The molecule has 0 bridgehead atoms. The molecule has 0 atom stereocenters. The van der Waals surface area contributed by atoms with Crippen molar-refractivity contribution in [3.05, 3.63) is 41.0 Å². The molecule has 5 heteroatoms. The summed E-state index contributed by atoms with van der Waals surface area (Å²) in [5, 5.41) is 20.4. The van der Waals surface area contributed by atoms with Gasteiger partial charge >= 0.3 is 0 Å². The van der Waals surface area contributed by atoms with Crippen molar-refractivity contribution in [2.24, 2.45) is 7.05 Å². The van der Waals surface area contributed by atoms with E-state index >= 15 is 0 Å². The Balaban J connectivity index is 2.47. The monoisotopic (exact) mass is 256 g/mol. The zero-order chi connectivity index (χ0) is 13.1. The van der Waals surface area contributed by atoms with Gasteiger partial charge in [0, 0.05) is 12.7 Å². The minimum absolute atomic E-state index is 0.466. The van der Waals surface area contributed by atoms with E-state index in [1.165, 1.54) is 0 Å². The minimum Gasteiger partial charge on any atom is -0.335 e. The van der Waals surface area contributed by atoms with Gasteiger partial charge < -0.3 is 4.57 Å². The molecule has 4 nitrogen and oxygen atoms in total. The number of rotatable bonds is 2. The summed E-state index contributed by atoms with van der Waals surface area (Å²) >= 11 is 6.06. The van der Waals surface area contributed by atoms with Crippen molar-refractivity contribution in [2.45, 2.75) is 0 Å². The van der Waals surface area contributed by atoms with E-state index in [0.717, 1.165) is 11.3 Å². The predicted molar refractivity (Wildman–Crippen MR) is 69.8 cm³/mol. The molecule has 0 saturated heterocycles. The van der Waals surface area contributed by atoms with Gasteiger partial charge in [-0.3, -0.25) is 5.32 Å². The molecule has 0 unspecified atom stereocenters. The molecular formula is C13H9ClN4. The van der Waals surface area contributed by atoms with Crippen molar-refractivity contribution in [1.82, 2.24) is 4.57 Å². The van der Waals surface area contributed by atoms with Gasteiger partial charge in [0.2, 0.25) is 0 Å². The van der Waals surface area contributed by atoms with Gasteiger partial charge in [0.25, 0.3) is 0 Å². The highest BCUT2D eigenvalue weighted by atomic mass is 35.5. The van der Waals surface area contributed by atoms with Crippen LogP contribution in [0.2, 0.25) is 5.02 Å². The quantitative estimate of drug-likeness (QED) is 0.663. The average molecular weight is 257 g/mol. The van der Waals surface area contributed by atoms with Crippen LogP contribution in [0, 0.1) is 22.8 Å². The first-order valence-electron chi connectivity index (χ1n) is 5.18. The smallest absolute Gasteiger partial charge is 0.181 e. The lowest BCUT2D eigenvalue weighted by molar-refractivity contribution is 0.917. The zero-order valence-electron chi connectivity index (χ0n) is 9.61. The molecular weight excluding hydrogens is 248 g/mol. The molecule has 1 heterocycles. The van der Waals surface area contributed by atoms with Gasteiger partial charge in [-0.2, -0.15) is 10.5 Å². The Morgan fingerprint density at radius 3 is 2.56 bits per heavy atom. The molecule has 0 aliphatic rings. The third-order valence-electron chi connectivity index (χ3n) is 2.69. The molecule has 0 spiro atoms. The zero-order valence-corrected chi connectivity index (χ0v) is 10.4. The summed E-state index contributed by atoms with van der Waals surface area (Å²) in [6.45, 7) is 0. The first-order chi connectivity index (χ1) is 8.67. The number of aromatic nitrogens is 1. The number of halogens is 1. The Hall–Kier alpha value is -2.43. The van der Waals surface area contributed by atoms with Crippen molar-refractivity contribution >= 4 is 17.3 Å². The molecule has 1 N–H and O–H groups in total. The number of anilines is 1. The van der Waals surface area contributed by atoms with Gasteiger partial charge in [0.1, 0.15) is 11.8 Å². The SMILES string of the molecule is Cn1c(C#N)ccc1-c1ccc(NC#N)c(Cl)c1. The van der Waals surface area contributed by atoms with Crippen molar-refractivity contribution in [2.75, 3.05) is 5.32 Å². The van der Waals surface area contributed by atoms with E-state index in [4.69, 9.17) is 22.1 Å². The predicted octanol–water partition coefficient (Wildman–Crippen LogP) is 3.11. The normalized spacial score (nSPS) is 9.56. The summed E-state index contributed by atoms with van der Waals surface area (Å²) in [6, 6.07) is 11.1. The van der Waals surface area contributed by atoms with Crippen molar-refractivity contribution < 1.29 is 0 Å². The molecule has 1 aromatic heterocycles. The highest BCUT2D eigenvalue weighted by Gasteiger charge is 2.08. The number of benzene rings is 1. The van der Waals surface area contributed by atoms with Gasteiger partial charge in [-0.25, -0.2) is 0 Å². The number of nitrogens with zero attached hydrogens (tertiary/aromatic N) is 3. The van der Waals surface area contributed by atoms with E-state index in [9.17, 15) is 0 Å². The molecule has 1 aromatic carbocycles. The van der Waals surface area contributed by atoms with Crippen LogP contribution in [-0.2, 0) is 7.05 Å². The molecule has 0 amide bonds. The Bertz CT molecular complexity index is 673. The van der Waals surface area contributed by atoms with E-state index in [0.29, 0.717) is 16.4 Å². The van der Waals surface area contributed by atoms with Crippen LogP contribution in [0.5, 0.6) is 0 Å². The van der Waals surface area contributed by atoms with E-state index in [-0.39, 0.29) is 0 Å². The number of hydrogen-bond acceptors (Lipinski definition) is 3. The molecule has 2 rings (SSSR count). The topological polar surface area (TPSA) is 64.5 Å². The van der Waals surface area contributed by atoms with E-state index in [1.807, 2.05) is 25.4 Å². The molecule has 0 saturated carbocycles. The van der Waals surface area contributed by atoms with Gasteiger partial charge in [-0.1, -0.05) is 17.7 Å². The molecule has 0 aliphatic heterocycles. The van der Waals surface area contributed by atoms with Crippen molar-refractivity contribution in [3.8, 4) is 23.5 Å². The van der Waals surface area contributed by atoms with E-state index in [1.54, 1.807) is 22.8 Å². The summed E-state index contributed by atoms with van der Waals surface area (Å²) in [6.07, 6.45) is 1.83. The van der Waals surface area contributed by atoms with Gasteiger partial charge in [0.05, 0.1) is 10.7 Å². The van der Waals surface area contributed by atoms with E-state index in [2.05, 4.69) is 11.4 Å². The first-order valence-corrected chi connectivity index (χ1v) is 5.56. The molecule has 18 heavy (non-hydrogen) atoms. The van der Waals surface area contributed by atoms with E-state index < -0.39 is 0 Å². The summed E-state index contributed by atoms with van der Waals surface area (Å²) in [5.74, 6) is 0. The maximum Gasteiger partial charge on any atom is 0.181 e. The Morgan fingerprint density at radius 2 is 2.00 bits per heavy atom. The fourth-order valence-electron chi connectivity index (χ4n) is 1.75. The van der Waals surface area contributed by atoms with Crippen molar-refractivity contribution in [3.63, 3.8) is 0 Å². The Kier molecular flexibility index (Phi) is 3.23. The molecule has 0 radical (unpaired) electrons. The Labute approximate surface area is 110 Å². The lowest BCUT2D eigenvalue weighted by Crippen LogP contribution is -1.95. The highest BCUT2D eigenvalue weighted by molar-refractivity contribution is 6.33. The van der Waals surface area contributed by atoms with Crippen LogP contribution in [0.3, 0.4) is 0 Å². The second kappa shape index (κ2) is 4.83. The van der Waals surface area contributed by atoms with Gasteiger partial charge in [-0.15, -0.1) is 0 Å². The van der Waals surface area contributed by atoms with Gasteiger partial charge in [-0.05, 0) is 29.8 Å². The second-order valence-electron chi connectivity index (χ2n) is 3.71. The Morgan fingerprint density at radius 1 is 1.22 bits per heavy atom. The summed E-state index contributed by atoms with van der Waals surface area (Å²) in [7, 11) is 1.82. The number of hydrogen-bond donors (Lipinski definition) is 1. The summed E-state index contributed by atoms with van der Waals surface area (Å²) in [4.78, 5) is 0. The van der Waals surface area contributed by atoms with Crippen LogP contribution in [0.15, 0.2) is 30.3 Å². The lowest BCUT2D eigenvalue weighted by Gasteiger charge is -2.07. The van der Waals surface area contributed by atoms with Crippen LogP contribution in [0.1, 0.15) is 5.69 Å². The van der Waals surface area contributed by atoms with Crippen LogP contribution < -0.4 is 5.32 Å². The highest BCUT2D eigenvalue weighted by Crippen LogP contribution is 2.29. The average Bonchev–Trinajstić information content (AvgIpc) is 2.73. The van der Waals surface area contributed by atoms with Gasteiger partial charge in [0.15, 0.2) is 6.19 Å². The van der Waals surface area contributed by atoms with Crippen LogP contribution in [0.25, 0.3) is 11.3 Å². The second-order valence-corrected chi connectivity index (χ2v) is 4.11. The van der Waals surface area contributed by atoms with Crippen LogP contribution in [0.4, 0.5) is 5.69 Å². The lowest BCUT2D eigenvalue weighted by atomic mass is 10.1. The molecule has 2 aromatic rings. The van der Waals surface area contributed by atoms with Crippen LogP contribution >= 0.6 is 11.6 Å². The maximum absolute atomic E-state index is 8.90. The van der Waals surface area contributed by atoms with Crippen LogP contribution in [-0.4, -0.2) is 4.57 Å². The largest absolute Gasteiger partial charge is 0.335 e. The third-order valence-corrected chi connectivity index (χ3v) is 3.00. The number of nitrogens with one attached hydrogen (secondary N) is 1. The standard InChI is InChI=1S/C13H9ClN4/c1-18-10(7-15)3-5-13(18)9-2-4-12(17-8-16)11(14)6-9/h2-6,17H,1H3.